The van der Waals surface area contributed by atoms with Crippen LogP contribution in [-0.2, 0) is 4.79 Å². The number of carbonyl (C=O) groups excluding carboxylic acids is 1. The van der Waals surface area contributed by atoms with Crippen LogP contribution in [-0.4, -0.2) is 48.9 Å². The average Bonchev–Trinajstić information content (AvgIpc) is 2.47. The molecule has 0 bridgehead atoms. The number of benzene rings is 1. The van der Waals surface area contributed by atoms with Crippen LogP contribution >= 0.6 is 15.9 Å². The van der Waals surface area contributed by atoms with E-state index in [9.17, 15) is 10.1 Å². The van der Waals surface area contributed by atoms with Crippen LogP contribution in [0.4, 0.5) is 0 Å². The Labute approximate surface area is 127 Å². The molecule has 1 heterocycles. The highest BCUT2D eigenvalue weighted by atomic mass is 79.9. The van der Waals surface area contributed by atoms with E-state index in [0.717, 1.165) is 23.1 Å². The molecule has 0 spiro atoms. The number of likely N-dealkylation sites (N-methyl/N-ethyl adjacent to an activating group) is 1. The number of nitriles is 1. The molecular weight excluding hydrogens is 318 g/mol. The summed E-state index contributed by atoms with van der Waals surface area (Å²) in [5, 5.41) is 9.21. The van der Waals surface area contributed by atoms with Crippen molar-refractivity contribution in [2.45, 2.75) is 0 Å². The summed E-state index contributed by atoms with van der Waals surface area (Å²) in [4.78, 5) is 16.2. The molecule has 1 aromatic rings. The quantitative estimate of drug-likeness (QED) is 0.615. The lowest BCUT2D eigenvalue weighted by atomic mass is 10.1. The highest BCUT2D eigenvalue weighted by molar-refractivity contribution is 9.10. The van der Waals surface area contributed by atoms with E-state index in [2.05, 4.69) is 20.8 Å². The molecule has 0 N–H and O–H groups in total. The van der Waals surface area contributed by atoms with Crippen molar-refractivity contribution < 1.29 is 4.79 Å². The zero-order chi connectivity index (χ0) is 14.5. The number of piperazine rings is 1. The molecule has 1 amide bonds. The molecule has 0 aromatic heterocycles. The topological polar surface area (TPSA) is 47.3 Å². The Bertz CT molecular complexity index is 551. The molecule has 1 aliphatic rings. The number of rotatable bonds is 2. The van der Waals surface area contributed by atoms with Gasteiger partial charge in [-0.05, 0) is 30.8 Å². The molecule has 0 atom stereocenters. The summed E-state index contributed by atoms with van der Waals surface area (Å²) in [6.45, 7) is 3.05. The van der Waals surface area contributed by atoms with E-state index in [1.54, 1.807) is 11.0 Å². The lowest BCUT2D eigenvalue weighted by Gasteiger charge is -2.32. The summed E-state index contributed by atoms with van der Waals surface area (Å²) in [5.74, 6) is -0.177. The third kappa shape index (κ3) is 3.69. The Balaban J connectivity index is 2.13. The summed E-state index contributed by atoms with van der Waals surface area (Å²) in [6.07, 6.45) is 1.65. The maximum atomic E-state index is 12.3. The van der Waals surface area contributed by atoms with Gasteiger partial charge >= 0.3 is 0 Å². The van der Waals surface area contributed by atoms with Gasteiger partial charge in [-0.15, -0.1) is 0 Å². The van der Waals surface area contributed by atoms with Crippen LogP contribution in [0.2, 0.25) is 0 Å². The van der Waals surface area contributed by atoms with Gasteiger partial charge in [0.25, 0.3) is 5.91 Å². The maximum Gasteiger partial charge on any atom is 0.264 e. The van der Waals surface area contributed by atoms with Gasteiger partial charge in [-0.25, -0.2) is 0 Å². The van der Waals surface area contributed by atoms with E-state index in [0.29, 0.717) is 13.1 Å². The first-order chi connectivity index (χ1) is 9.60. The largest absolute Gasteiger partial charge is 0.335 e. The highest BCUT2D eigenvalue weighted by Gasteiger charge is 2.21. The third-order valence-electron chi connectivity index (χ3n) is 3.32. The Hall–Kier alpha value is -1.64. The molecule has 5 heteroatoms. The minimum absolute atomic E-state index is 0.177. The van der Waals surface area contributed by atoms with E-state index in [4.69, 9.17) is 0 Å². The van der Waals surface area contributed by atoms with Gasteiger partial charge in [-0.1, -0.05) is 28.1 Å². The second-order valence-corrected chi connectivity index (χ2v) is 5.73. The fourth-order valence-electron chi connectivity index (χ4n) is 2.05. The van der Waals surface area contributed by atoms with Gasteiger partial charge in [0.05, 0.1) is 0 Å². The molecule has 2 rings (SSSR count). The van der Waals surface area contributed by atoms with E-state index >= 15 is 0 Å². The number of amides is 1. The zero-order valence-corrected chi connectivity index (χ0v) is 12.9. The zero-order valence-electron chi connectivity index (χ0n) is 11.3. The van der Waals surface area contributed by atoms with Crippen LogP contribution in [0.5, 0.6) is 0 Å². The average molecular weight is 334 g/mol. The smallest absolute Gasteiger partial charge is 0.264 e. The number of carbonyl (C=O) groups is 1. The van der Waals surface area contributed by atoms with Gasteiger partial charge in [-0.2, -0.15) is 5.26 Å². The minimum Gasteiger partial charge on any atom is -0.335 e. The molecule has 0 saturated carbocycles. The summed E-state index contributed by atoms with van der Waals surface area (Å²) in [5.41, 5.74) is 1.05. The van der Waals surface area contributed by atoms with Crippen LogP contribution in [0.15, 0.2) is 34.3 Å². The monoisotopic (exact) mass is 333 g/mol. The van der Waals surface area contributed by atoms with Crippen LogP contribution in [0.25, 0.3) is 6.08 Å². The Kier molecular flexibility index (Phi) is 4.94. The number of hydrogen-bond acceptors (Lipinski definition) is 3. The van der Waals surface area contributed by atoms with Crippen LogP contribution in [0, 0.1) is 11.3 Å². The fraction of sp³-hybridized carbons (Fsp3) is 0.333. The first-order valence-electron chi connectivity index (χ1n) is 6.45. The summed E-state index contributed by atoms with van der Waals surface area (Å²) in [6, 6.07) is 9.55. The summed E-state index contributed by atoms with van der Waals surface area (Å²) < 4.78 is 0.971. The van der Waals surface area contributed by atoms with Crippen molar-refractivity contribution in [3.05, 3.63) is 39.9 Å². The van der Waals surface area contributed by atoms with Crippen molar-refractivity contribution >= 4 is 27.9 Å². The molecule has 4 nitrogen and oxygen atoms in total. The number of hydrogen-bond donors (Lipinski definition) is 0. The van der Waals surface area contributed by atoms with Gasteiger partial charge in [0, 0.05) is 30.7 Å². The molecule has 1 fully saturated rings. The van der Waals surface area contributed by atoms with Crippen molar-refractivity contribution in [3.63, 3.8) is 0 Å². The Morgan fingerprint density at radius 2 is 1.85 bits per heavy atom. The minimum atomic E-state index is -0.177. The van der Waals surface area contributed by atoms with Gasteiger partial charge in [-0.3, -0.25) is 4.79 Å². The first-order valence-corrected chi connectivity index (χ1v) is 7.24. The van der Waals surface area contributed by atoms with Gasteiger partial charge < -0.3 is 9.80 Å². The molecule has 104 valence electrons. The standard InChI is InChI=1S/C15H16BrN3O/c1-18-6-8-19(9-7-18)15(20)13(11-17)10-12-2-4-14(16)5-3-12/h2-5,10H,6-9H2,1H3/b13-10+. The van der Waals surface area contributed by atoms with Crippen LogP contribution < -0.4 is 0 Å². The third-order valence-corrected chi connectivity index (χ3v) is 3.85. The molecule has 0 aliphatic carbocycles. The highest BCUT2D eigenvalue weighted by Crippen LogP contribution is 2.14. The predicted octanol–water partition coefficient (Wildman–Crippen LogP) is 2.13. The first kappa shape index (κ1) is 14.8. The van der Waals surface area contributed by atoms with E-state index in [1.807, 2.05) is 37.4 Å². The molecule has 1 aliphatic heterocycles. The van der Waals surface area contributed by atoms with Gasteiger partial charge in [0.1, 0.15) is 11.6 Å². The second kappa shape index (κ2) is 6.69. The fourth-order valence-corrected chi connectivity index (χ4v) is 2.31. The SMILES string of the molecule is CN1CCN(C(=O)/C(C#N)=C/c2ccc(Br)cc2)CC1. The van der Waals surface area contributed by atoms with Crippen molar-refractivity contribution in [3.8, 4) is 6.07 Å². The molecule has 1 aromatic carbocycles. The Morgan fingerprint density at radius 3 is 2.40 bits per heavy atom. The molecule has 1 saturated heterocycles. The van der Waals surface area contributed by atoms with Gasteiger partial charge in [0.2, 0.25) is 0 Å². The van der Waals surface area contributed by atoms with Crippen LogP contribution in [0.3, 0.4) is 0 Å². The van der Waals surface area contributed by atoms with E-state index in [1.165, 1.54) is 0 Å². The van der Waals surface area contributed by atoms with E-state index in [-0.39, 0.29) is 11.5 Å². The van der Waals surface area contributed by atoms with Crippen molar-refractivity contribution in [1.29, 1.82) is 5.26 Å². The summed E-state index contributed by atoms with van der Waals surface area (Å²) in [7, 11) is 2.03. The number of halogens is 1. The van der Waals surface area contributed by atoms with Crippen molar-refractivity contribution in [2.75, 3.05) is 33.2 Å². The molecule has 0 radical (unpaired) electrons. The maximum absolute atomic E-state index is 12.3. The molecule has 0 unspecified atom stereocenters. The Morgan fingerprint density at radius 1 is 1.25 bits per heavy atom. The van der Waals surface area contributed by atoms with Crippen molar-refractivity contribution in [1.82, 2.24) is 9.80 Å². The summed E-state index contributed by atoms with van der Waals surface area (Å²) >= 11 is 3.36. The molecular formula is C15H16BrN3O. The van der Waals surface area contributed by atoms with Crippen molar-refractivity contribution in [2.24, 2.45) is 0 Å². The normalized spacial score (nSPS) is 16.9. The number of nitrogens with zero attached hydrogens (tertiary/aromatic N) is 3. The van der Waals surface area contributed by atoms with Crippen LogP contribution in [0.1, 0.15) is 5.56 Å². The van der Waals surface area contributed by atoms with Gasteiger partial charge in [0.15, 0.2) is 0 Å². The van der Waals surface area contributed by atoms with E-state index < -0.39 is 0 Å². The second-order valence-electron chi connectivity index (χ2n) is 4.82. The molecule has 20 heavy (non-hydrogen) atoms. The lowest BCUT2D eigenvalue weighted by Crippen LogP contribution is -2.47. The lowest BCUT2D eigenvalue weighted by molar-refractivity contribution is -0.128. The predicted molar refractivity (Wildman–Crippen MR) is 81.8 cm³/mol.